The molecular weight excluding hydrogens is 360 g/mol. The summed E-state index contributed by atoms with van der Waals surface area (Å²) in [5.74, 6) is -0.279. The van der Waals surface area contributed by atoms with Crippen molar-refractivity contribution in [2.45, 2.75) is 13.0 Å². The third-order valence-electron chi connectivity index (χ3n) is 3.56. The Bertz CT molecular complexity index is 923. The van der Waals surface area contributed by atoms with Crippen molar-refractivity contribution in [3.8, 4) is 10.6 Å². The fraction of sp³-hybridized carbons (Fsp3) is 0.176. The van der Waals surface area contributed by atoms with Crippen LogP contribution in [0.3, 0.4) is 0 Å². The van der Waals surface area contributed by atoms with E-state index in [1.807, 2.05) is 24.4 Å². The van der Waals surface area contributed by atoms with Crippen LogP contribution < -0.4 is 10.9 Å². The van der Waals surface area contributed by atoms with Crippen LogP contribution in [0.25, 0.3) is 10.6 Å². The maximum atomic E-state index is 12.1. The molecule has 0 aliphatic rings. The van der Waals surface area contributed by atoms with Crippen LogP contribution in [0.1, 0.15) is 23.3 Å². The first-order valence-electron chi connectivity index (χ1n) is 7.58. The first-order chi connectivity index (χ1) is 12.0. The van der Waals surface area contributed by atoms with E-state index in [1.165, 1.54) is 16.9 Å². The van der Waals surface area contributed by atoms with Crippen molar-refractivity contribution < 1.29 is 4.79 Å². The number of nitrogens with one attached hydrogen (secondary N) is 1. The van der Waals surface area contributed by atoms with Crippen molar-refractivity contribution in [2.24, 2.45) is 0 Å². The Morgan fingerprint density at radius 2 is 2.16 bits per heavy atom. The molecule has 0 saturated heterocycles. The number of halogens is 1. The topological polar surface area (TPSA) is 76.9 Å². The first kappa shape index (κ1) is 17.3. The highest BCUT2D eigenvalue weighted by Crippen LogP contribution is 2.21. The standard InChI is InChI=1S/C17H15ClN4O2S/c1-11(9-20-17(24)12-4-6-15(18)19-10-12)22-16(23)7-5-13(21-22)14-3-2-8-25-14/h2-8,10-11H,9H2,1H3,(H,20,24). The van der Waals surface area contributed by atoms with Crippen molar-refractivity contribution in [1.82, 2.24) is 20.1 Å². The van der Waals surface area contributed by atoms with E-state index in [4.69, 9.17) is 11.6 Å². The molecular formula is C17H15ClN4O2S. The van der Waals surface area contributed by atoms with Crippen molar-refractivity contribution >= 4 is 28.8 Å². The molecule has 0 aliphatic heterocycles. The predicted octanol–water partition coefficient (Wildman–Crippen LogP) is 3.01. The predicted molar refractivity (Wildman–Crippen MR) is 98.1 cm³/mol. The molecule has 1 N–H and O–H groups in total. The van der Waals surface area contributed by atoms with E-state index in [0.717, 1.165) is 10.6 Å². The Morgan fingerprint density at radius 1 is 1.32 bits per heavy atom. The number of rotatable bonds is 5. The Hall–Kier alpha value is -2.51. The van der Waals surface area contributed by atoms with E-state index in [1.54, 1.807) is 29.5 Å². The summed E-state index contributed by atoms with van der Waals surface area (Å²) < 4.78 is 1.38. The summed E-state index contributed by atoms with van der Waals surface area (Å²) in [6.45, 7) is 2.09. The van der Waals surface area contributed by atoms with Gasteiger partial charge in [0.25, 0.3) is 11.5 Å². The molecule has 1 atom stereocenters. The number of carbonyl (C=O) groups excluding carboxylic acids is 1. The lowest BCUT2D eigenvalue weighted by atomic mass is 10.2. The lowest BCUT2D eigenvalue weighted by Crippen LogP contribution is -2.34. The quantitative estimate of drug-likeness (QED) is 0.696. The highest BCUT2D eigenvalue weighted by molar-refractivity contribution is 7.13. The zero-order chi connectivity index (χ0) is 17.8. The van der Waals surface area contributed by atoms with Crippen LogP contribution in [-0.4, -0.2) is 27.2 Å². The van der Waals surface area contributed by atoms with Crippen molar-refractivity contribution in [3.63, 3.8) is 0 Å². The number of hydrogen-bond acceptors (Lipinski definition) is 5. The molecule has 0 radical (unpaired) electrons. The summed E-state index contributed by atoms with van der Waals surface area (Å²) in [5.41, 5.74) is 0.925. The van der Waals surface area contributed by atoms with Gasteiger partial charge in [0, 0.05) is 18.8 Å². The molecule has 25 heavy (non-hydrogen) atoms. The molecule has 0 aliphatic carbocycles. The Labute approximate surface area is 153 Å². The third kappa shape index (κ3) is 4.12. The average molecular weight is 375 g/mol. The van der Waals surface area contributed by atoms with Crippen LogP contribution in [0.4, 0.5) is 0 Å². The van der Waals surface area contributed by atoms with Crippen LogP contribution in [0, 0.1) is 0 Å². The summed E-state index contributed by atoms with van der Waals surface area (Å²) in [6.07, 6.45) is 1.41. The van der Waals surface area contributed by atoms with E-state index in [-0.39, 0.29) is 24.1 Å². The van der Waals surface area contributed by atoms with Gasteiger partial charge in [-0.1, -0.05) is 17.7 Å². The minimum atomic E-state index is -0.295. The molecule has 0 bridgehead atoms. The molecule has 0 saturated carbocycles. The van der Waals surface area contributed by atoms with Crippen LogP contribution in [0.5, 0.6) is 0 Å². The zero-order valence-corrected chi connectivity index (χ0v) is 14.9. The Kier molecular flexibility index (Phi) is 5.25. The van der Waals surface area contributed by atoms with Crippen LogP contribution in [-0.2, 0) is 0 Å². The summed E-state index contributed by atoms with van der Waals surface area (Å²) in [7, 11) is 0. The van der Waals surface area contributed by atoms with Crippen LogP contribution in [0.2, 0.25) is 5.15 Å². The van der Waals surface area contributed by atoms with Gasteiger partial charge in [-0.3, -0.25) is 9.59 Å². The van der Waals surface area contributed by atoms with Crippen LogP contribution in [0.15, 0.2) is 52.8 Å². The van der Waals surface area contributed by atoms with Gasteiger partial charge in [-0.15, -0.1) is 11.3 Å². The maximum Gasteiger partial charge on any atom is 0.267 e. The Balaban J connectivity index is 1.71. The molecule has 3 heterocycles. The molecule has 128 valence electrons. The third-order valence-corrected chi connectivity index (χ3v) is 4.68. The molecule has 3 aromatic heterocycles. The number of pyridine rings is 1. The molecule has 3 rings (SSSR count). The minimum Gasteiger partial charge on any atom is -0.350 e. The summed E-state index contributed by atoms with van der Waals surface area (Å²) in [4.78, 5) is 29.1. The molecule has 3 aromatic rings. The number of nitrogens with zero attached hydrogens (tertiary/aromatic N) is 3. The molecule has 1 amide bonds. The van der Waals surface area contributed by atoms with E-state index < -0.39 is 0 Å². The second-order valence-electron chi connectivity index (χ2n) is 5.41. The monoisotopic (exact) mass is 374 g/mol. The molecule has 0 aromatic carbocycles. The number of carbonyl (C=O) groups is 1. The highest BCUT2D eigenvalue weighted by Gasteiger charge is 2.13. The van der Waals surface area contributed by atoms with Gasteiger partial charge in [0.1, 0.15) is 10.8 Å². The second-order valence-corrected chi connectivity index (χ2v) is 6.74. The van der Waals surface area contributed by atoms with Crippen molar-refractivity contribution in [1.29, 1.82) is 0 Å². The largest absolute Gasteiger partial charge is 0.350 e. The second kappa shape index (κ2) is 7.58. The number of thiophene rings is 1. The lowest BCUT2D eigenvalue weighted by Gasteiger charge is -2.15. The van der Waals surface area contributed by atoms with Gasteiger partial charge in [-0.25, -0.2) is 9.67 Å². The Morgan fingerprint density at radius 3 is 2.84 bits per heavy atom. The van der Waals surface area contributed by atoms with Crippen molar-refractivity contribution in [3.05, 3.63) is 69.0 Å². The molecule has 6 nitrogen and oxygen atoms in total. The van der Waals surface area contributed by atoms with Gasteiger partial charge < -0.3 is 5.32 Å². The minimum absolute atomic E-state index is 0.213. The van der Waals surface area contributed by atoms with Crippen LogP contribution >= 0.6 is 22.9 Å². The van der Waals surface area contributed by atoms with Crippen molar-refractivity contribution in [2.75, 3.05) is 6.54 Å². The summed E-state index contributed by atoms with van der Waals surface area (Å²) in [6, 6.07) is 9.92. The normalized spacial score (nSPS) is 11.9. The van der Waals surface area contributed by atoms with Gasteiger partial charge in [0.2, 0.25) is 0 Å². The summed E-state index contributed by atoms with van der Waals surface area (Å²) >= 11 is 7.26. The van der Waals surface area contributed by atoms with Gasteiger partial charge in [0.05, 0.1) is 16.5 Å². The smallest absolute Gasteiger partial charge is 0.267 e. The molecule has 8 heteroatoms. The lowest BCUT2D eigenvalue weighted by molar-refractivity contribution is 0.0947. The van der Waals surface area contributed by atoms with E-state index in [9.17, 15) is 9.59 Å². The average Bonchev–Trinajstić information content (AvgIpc) is 3.15. The highest BCUT2D eigenvalue weighted by atomic mass is 35.5. The maximum absolute atomic E-state index is 12.1. The van der Waals surface area contributed by atoms with E-state index >= 15 is 0 Å². The molecule has 0 spiro atoms. The fourth-order valence-electron chi connectivity index (χ4n) is 2.24. The first-order valence-corrected chi connectivity index (χ1v) is 8.84. The van der Waals surface area contributed by atoms with Gasteiger partial charge in [-0.05, 0) is 36.6 Å². The number of hydrogen-bond donors (Lipinski definition) is 1. The number of amides is 1. The molecule has 1 unspecified atom stereocenters. The summed E-state index contributed by atoms with van der Waals surface area (Å²) in [5, 5.41) is 9.47. The van der Waals surface area contributed by atoms with Gasteiger partial charge >= 0.3 is 0 Å². The zero-order valence-electron chi connectivity index (χ0n) is 13.3. The van der Waals surface area contributed by atoms with E-state index in [0.29, 0.717) is 10.7 Å². The molecule has 0 fully saturated rings. The fourth-order valence-corrected chi connectivity index (χ4v) is 3.04. The van der Waals surface area contributed by atoms with Gasteiger partial charge in [-0.2, -0.15) is 5.10 Å². The van der Waals surface area contributed by atoms with E-state index in [2.05, 4.69) is 15.4 Å². The van der Waals surface area contributed by atoms with Gasteiger partial charge in [0.15, 0.2) is 0 Å². The SMILES string of the molecule is CC(CNC(=O)c1ccc(Cl)nc1)n1nc(-c2cccs2)ccc1=O. The number of aromatic nitrogens is 3.